The van der Waals surface area contributed by atoms with Gasteiger partial charge in [0.05, 0.1) is 11.6 Å². The summed E-state index contributed by atoms with van der Waals surface area (Å²) in [5.41, 5.74) is 1.99. The number of hydrogen-bond donors (Lipinski definition) is 1. The predicted octanol–water partition coefficient (Wildman–Crippen LogP) is 5.15. The Morgan fingerprint density at radius 3 is 2.36 bits per heavy atom. The van der Waals surface area contributed by atoms with E-state index in [9.17, 15) is 18.0 Å². The standard InChI is InChI=1S/C24H20F3N5O/c1-15-8-11-21(29-12-15)32-14-19(22(31-32)17-6-4-3-5-7-17)23(33)30-16(2)18-9-10-20(28-13-18)24(25,26)27/h3-14,16H,1-2H3,(H,30,33)/t16-/m1/s1. The van der Waals surface area contributed by atoms with E-state index in [0.717, 1.165) is 23.4 Å². The van der Waals surface area contributed by atoms with Crippen molar-refractivity contribution in [3.05, 3.63) is 95.6 Å². The average molecular weight is 451 g/mol. The van der Waals surface area contributed by atoms with E-state index in [2.05, 4.69) is 20.4 Å². The van der Waals surface area contributed by atoms with Crippen LogP contribution in [0.15, 0.2) is 73.2 Å². The lowest BCUT2D eigenvalue weighted by Gasteiger charge is -2.15. The number of hydrogen-bond acceptors (Lipinski definition) is 4. The van der Waals surface area contributed by atoms with Crippen LogP contribution in [0.3, 0.4) is 0 Å². The van der Waals surface area contributed by atoms with Crippen molar-refractivity contribution in [3.63, 3.8) is 0 Å². The molecule has 0 unspecified atom stereocenters. The number of carbonyl (C=O) groups excluding carboxylic acids is 1. The molecule has 33 heavy (non-hydrogen) atoms. The molecule has 9 heteroatoms. The first-order valence-corrected chi connectivity index (χ1v) is 10.1. The van der Waals surface area contributed by atoms with E-state index in [4.69, 9.17) is 0 Å². The molecule has 0 saturated carbocycles. The van der Waals surface area contributed by atoms with Gasteiger partial charge in [-0.15, -0.1) is 0 Å². The lowest BCUT2D eigenvalue weighted by molar-refractivity contribution is -0.141. The highest BCUT2D eigenvalue weighted by atomic mass is 19.4. The minimum Gasteiger partial charge on any atom is -0.345 e. The minimum atomic E-state index is -4.52. The zero-order chi connectivity index (χ0) is 23.6. The highest BCUT2D eigenvalue weighted by molar-refractivity contribution is 6.00. The fourth-order valence-corrected chi connectivity index (χ4v) is 3.25. The molecular formula is C24H20F3N5O. The predicted molar refractivity (Wildman–Crippen MR) is 117 cm³/mol. The third kappa shape index (κ3) is 4.92. The maximum atomic E-state index is 13.2. The van der Waals surface area contributed by atoms with Crippen LogP contribution in [0, 0.1) is 6.92 Å². The largest absolute Gasteiger partial charge is 0.433 e. The van der Waals surface area contributed by atoms with Crippen LogP contribution in [-0.4, -0.2) is 25.7 Å². The van der Waals surface area contributed by atoms with Crippen molar-refractivity contribution in [1.29, 1.82) is 0 Å². The Labute approximate surface area is 188 Å². The van der Waals surface area contributed by atoms with Gasteiger partial charge in [-0.05, 0) is 37.1 Å². The summed E-state index contributed by atoms with van der Waals surface area (Å²) in [6.45, 7) is 3.60. The van der Waals surface area contributed by atoms with Gasteiger partial charge in [0.2, 0.25) is 0 Å². The molecule has 1 atom stereocenters. The lowest BCUT2D eigenvalue weighted by Crippen LogP contribution is -2.27. The molecule has 6 nitrogen and oxygen atoms in total. The highest BCUT2D eigenvalue weighted by Gasteiger charge is 2.32. The van der Waals surface area contributed by atoms with E-state index in [1.165, 1.54) is 10.7 Å². The van der Waals surface area contributed by atoms with E-state index in [1.54, 1.807) is 25.4 Å². The molecular weight excluding hydrogens is 431 g/mol. The number of nitrogens with zero attached hydrogens (tertiary/aromatic N) is 4. The van der Waals surface area contributed by atoms with Crippen molar-refractivity contribution < 1.29 is 18.0 Å². The zero-order valence-electron chi connectivity index (χ0n) is 17.8. The van der Waals surface area contributed by atoms with Gasteiger partial charge in [-0.25, -0.2) is 9.67 Å². The number of alkyl halides is 3. The van der Waals surface area contributed by atoms with Gasteiger partial charge in [0.1, 0.15) is 11.4 Å². The number of aromatic nitrogens is 4. The molecule has 0 fully saturated rings. The van der Waals surface area contributed by atoms with Crippen LogP contribution in [0.4, 0.5) is 13.2 Å². The molecule has 168 valence electrons. The lowest BCUT2D eigenvalue weighted by atomic mass is 10.1. The van der Waals surface area contributed by atoms with Gasteiger partial charge in [0.15, 0.2) is 5.82 Å². The Morgan fingerprint density at radius 1 is 1.00 bits per heavy atom. The molecule has 1 amide bonds. The number of nitrogens with one attached hydrogen (secondary N) is 1. The number of carbonyl (C=O) groups is 1. The van der Waals surface area contributed by atoms with Crippen LogP contribution in [0.1, 0.15) is 40.1 Å². The molecule has 4 rings (SSSR count). The fourth-order valence-electron chi connectivity index (χ4n) is 3.25. The molecule has 0 bridgehead atoms. The molecule has 0 radical (unpaired) electrons. The normalized spacial score (nSPS) is 12.4. The monoisotopic (exact) mass is 451 g/mol. The Bertz CT molecular complexity index is 1250. The number of rotatable bonds is 5. The first-order chi connectivity index (χ1) is 15.7. The number of pyridine rings is 2. The van der Waals surface area contributed by atoms with E-state index in [0.29, 0.717) is 22.6 Å². The Hall–Kier alpha value is -4.01. The van der Waals surface area contributed by atoms with E-state index in [1.807, 2.05) is 43.3 Å². The van der Waals surface area contributed by atoms with Crippen LogP contribution in [0.5, 0.6) is 0 Å². The summed E-state index contributed by atoms with van der Waals surface area (Å²) in [5, 5.41) is 7.40. The second kappa shape index (κ2) is 8.85. The Balaban J connectivity index is 1.64. The van der Waals surface area contributed by atoms with Gasteiger partial charge >= 0.3 is 6.18 Å². The van der Waals surface area contributed by atoms with E-state index < -0.39 is 23.8 Å². The summed E-state index contributed by atoms with van der Waals surface area (Å²) in [6.07, 6.45) is -0.106. The van der Waals surface area contributed by atoms with Crippen molar-refractivity contribution in [2.24, 2.45) is 0 Å². The van der Waals surface area contributed by atoms with Crippen LogP contribution < -0.4 is 5.32 Å². The van der Waals surface area contributed by atoms with Crippen molar-refractivity contribution in [1.82, 2.24) is 25.1 Å². The summed E-state index contributed by atoms with van der Waals surface area (Å²) < 4.78 is 39.9. The van der Waals surface area contributed by atoms with E-state index >= 15 is 0 Å². The quantitative estimate of drug-likeness (QED) is 0.456. The molecule has 0 aliphatic carbocycles. The Kier molecular flexibility index (Phi) is 5.95. The second-order valence-electron chi connectivity index (χ2n) is 7.57. The van der Waals surface area contributed by atoms with Gasteiger partial charge in [0.25, 0.3) is 5.91 Å². The van der Waals surface area contributed by atoms with E-state index in [-0.39, 0.29) is 0 Å². The smallest absolute Gasteiger partial charge is 0.345 e. The van der Waals surface area contributed by atoms with Crippen molar-refractivity contribution >= 4 is 5.91 Å². The van der Waals surface area contributed by atoms with Gasteiger partial charge in [-0.3, -0.25) is 9.78 Å². The average Bonchev–Trinajstić information content (AvgIpc) is 3.25. The molecule has 0 saturated heterocycles. The number of aryl methyl sites for hydroxylation is 1. The van der Waals surface area contributed by atoms with Gasteiger partial charge < -0.3 is 5.32 Å². The molecule has 3 heterocycles. The van der Waals surface area contributed by atoms with Gasteiger partial charge in [-0.2, -0.15) is 18.3 Å². The second-order valence-corrected chi connectivity index (χ2v) is 7.57. The summed E-state index contributed by atoms with van der Waals surface area (Å²) in [6, 6.07) is 14.6. The molecule has 1 aromatic carbocycles. The molecule has 3 aromatic heterocycles. The summed E-state index contributed by atoms with van der Waals surface area (Å²) >= 11 is 0. The van der Waals surface area contributed by atoms with Crippen LogP contribution in [0.2, 0.25) is 0 Å². The van der Waals surface area contributed by atoms with Gasteiger partial charge in [0, 0.05) is 24.2 Å². The van der Waals surface area contributed by atoms with Crippen LogP contribution >= 0.6 is 0 Å². The SMILES string of the molecule is Cc1ccc(-n2cc(C(=O)N[C@H](C)c3ccc(C(F)(F)F)nc3)c(-c3ccccc3)n2)nc1. The maximum absolute atomic E-state index is 13.2. The number of benzene rings is 1. The van der Waals surface area contributed by atoms with Crippen molar-refractivity contribution in [2.75, 3.05) is 0 Å². The summed E-state index contributed by atoms with van der Waals surface area (Å²) in [7, 11) is 0. The first-order valence-electron chi connectivity index (χ1n) is 10.1. The maximum Gasteiger partial charge on any atom is 0.433 e. The highest BCUT2D eigenvalue weighted by Crippen LogP contribution is 2.28. The van der Waals surface area contributed by atoms with Crippen molar-refractivity contribution in [3.8, 4) is 17.1 Å². The first kappa shape index (κ1) is 22.2. The number of halogens is 3. The molecule has 1 N–H and O–H groups in total. The third-order valence-corrected chi connectivity index (χ3v) is 5.06. The topological polar surface area (TPSA) is 72.7 Å². The summed E-state index contributed by atoms with van der Waals surface area (Å²) in [5.74, 6) is 0.136. The summed E-state index contributed by atoms with van der Waals surface area (Å²) in [4.78, 5) is 21.0. The molecule has 0 aliphatic heterocycles. The minimum absolute atomic E-state index is 0.315. The number of amides is 1. The third-order valence-electron chi connectivity index (χ3n) is 5.06. The zero-order valence-corrected chi connectivity index (χ0v) is 17.8. The molecule has 0 spiro atoms. The fraction of sp³-hybridized carbons (Fsp3) is 0.167. The molecule has 0 aliphatic rings. The van der Waals surface area contributed by atoms with Crippen molar-refractivity contribution in [2.45, 2.75) is 26.1 Å². The Morgan fingerprint density at radius 2 is 1.76 bits per heavy atom. The molecule has 4 aromatic rings. The van der Waals surface area contributed by atoms with Crippen LogP contribution in [-0.2, 0) is 6.18 Å². The van der Waals surface area contributed by atoms with Crippen LogP contribution in [0.25, 0.3) is 17.1 Å². The van der Waals surface area contributed by atoms with Gasteiger partial charge in [-0.1, -0.05) is 42.5 Å².